The molecule has 2 N–H and O–H groups in total. The van der Waals surface area contributed by atoms with E-state index >= 15 is 0 Å². The summed E-state index contributed by atoms with van der Waals surface area (Å²) >= 11 is 7.89. The first-order valence-corrected chi connectivity index (χ1v) is 6.89. The van der Waals surface area contributed by atoms with E-state index in [9.17, 15) is 9.59 Å². The van der Waals surface area contributed by atoms with Gasteiger partial charge in [0.15, 0.2) is 0 Å². The Balaban J connectivity index is 2.17. The number of carbonyl (C=O) groups excluding carboxylic acids is 1. The van der Waals surface area contributed by atoms with Crippen LogP contribution in [0.3, 0.4) is 0 Å². The van der Waals surface area contributed by atoms with E-state index in [4.69, 9.17) is 16.7 Å². The number of aromatic carboxylic acids is 1. The van der Waals surface area contributed by atoms with Crippen LogP contribution < -0.4 is 5.32 Å². The highest BCUT2D eigenvalue weighted by Crippen LogP contribution is 2.22. The summed E-state index contributed by atoms with van der Waals surface area (Å²) in [4.78, 5) is 26.4. The molecule has 0 saturated heterocycles. The molecule has 1 amide bonds. The number of benzene rings is 1. The van der Waals surface area contributed by atoms with Crippen LogP contribution in [0.4, 0.5) is 5.69 Å². The lowest BCUT2D eigenvalue weighted by molar-refractivity contribution is 0.0690. The number of nitrogens with one attached hydrogen (secondary N) is 1. The quantitative estimate of drug-likeness (QED) is 0.772. The maximum absolute atomic E-state index is 12.0. The molecule has 0 unspecified atom stereocenters. The van der Waals surface area contributed by atoms with Crippen LogP contribution in [0.15, 0.2) is 36.5 Å². The van der Waals surface area contributed by atoms with E-state index in [1.54, 1.807) is 18.2 Å². The molecule has 0 saturated carbocycles. The average Bonchev–Trinajstić information content (AvgIpc) is 2.42. The van der Waals surface area contributed by atoms with Gasteiger partial charge in [0.25, 0.3) is 5.91 Å². The SMILES string of the molecule is O=C(Nc1ccc(Cl)cc1I)c1ccc(C(=O)O)nc1. The maximum Gasteiger partial charge on any atom is 0.354 e. The molecule has 0 aliphatic rings. The van der Waals surface area contributed by atoms with Gasteiger partial charge in [-0.1, -0.05) is 11.6 Å². The summed E-state index contributed by atoms with van der Waals surface area (Å²) in [7, 11) is 0. The summed E-state index contributed by atoms with van der Waals surface area (Å²) in [6.45, 7) is 0. The van der Waals surface area contributed by atoms with Crippen LogP contribution in [0.2, 0.25) is 5.02 Å². The second-order valence-corrected chi connectivity index (χ2v) is 5.41. The van der Waals surface area contributed by atoms with Gasteiger partial charge in [-0.05, 0) is 52.9 Å². The number of halogens is 2. The molecule has 20 heavy (non-hydrogen) atoms. The zero-order valence-corrected chi connectivity index (χ0v) is 12.8. The normalized spacial score (nSPS) is 10.1. The first-order valence-electron chi connectivity index (χ1n) is 5.43. The third-order valence-electron chi connectivity index (χ3n) is 2.42. The Kier molecular flexibility index (Phi) is 4.56. The number of amides is 1. The Morgan fingerprint density at radius 2 is 2.00 bits per heavy atom. The standard InChI is InChI=1S/C13H8ClIN2O3/c14-8-2-4-10(9(15)5-8)17-12(18)7-1-3-11(13(19)20)16-6-7/h1-6H,(H,17,18)(H,19,20). The predicted molar refractivity (Wildman–Crippen MR) is 83.3 cm³/mol. The van der Waals surface area contributed by atoms with E-state index in [-0.39, 0.29) is 17.2 Å². The first kappa shape index (κ1) is 14.7. The minimum absolute atomic E-state index is 0.109. The van der Waals surface area contributed by atoms with Crippen LogP contribution >= 0.6 is 34.2 Å². The van der Waals surface area contributed by atoms with Gasteiger partial charge in [0.05, 0.1) is 11.3 Å². The Morgan fingerprint density at radius 1 is 1.25 bits per heavy atom. The lowest BCUT2D eigenvalue weighted by atomic mass is 10.2. The van der Waals surface area contributed by atoms with Crippen LogP contribution in [0.1, 0.15) is 20.8 Å². The van der Waals surface area contributed by atoms with Crippen LogP contribution in [0.5, 0.6) is 0 Å². The van der Waals surface area contributed by atoms with Crippen molar-refractivity contribution in [2.24, 2.45) is 0 Å². The van der Waals surface area contributed by atoms with Crippen molar-refractivity contribution >= 4 is 51.8 Å². The van der Waals surface area contributed by atoms with Gasteiger partial charge in [-0.3, -0.25) is 4.79 Å². The van der Waals surface area contributed by atoms with Gasteiger partial charge in [-0.25, -0.2) is 9.78 Å². The van der Waals surface area contributed by atoms with Crippen molar-refractivity contribution in [2.75, 3.05) is 5.32 Å². The van der Waals surface area contributed by atoms with Crippen LogP contribution in [0, 0.1) is 3.57 Å². The van der Waals surface area contributed by atoms with Gasteiger partial charge in [-0.15, -0.1) is 0 Å². The molecule has 1 heterocycles. The zero-order chi connectivity index (χ0) is 14.7. The van der Waals surface area contributed by atoms with Gasteiger partial charge >= 0.3 is 5.97 Å². The topological polar surface area (TPSA) is 79.3 Å². The van der Waals surface area contributed by atoms with E-state index in [0.717, 1.165) is 3.57 Å². The lowest BCUT2D eigenvalue weighted by Gasteiger charge is -2.07. The summed E-state index contributed by atoms with van der Waals surface area (Å²) in [5.74, 6) is -1.50. The molecule has 0 fully saturated rings. The van der Waals surface area contributed by atoms with Crippen molar-refractivity contribution in [3.63, 3.8) is 0 Å². The van der Waals surface area contributed by atoms with Crippen molar-refractivity contribution in [3.05, 3.63) is 56.4 Å². The number of rotatable bonds is 3. The van der Waals surface area contributed by atoms with E-state index < -0.39 is 5.97 Å². The molecule has 2 aromatic rings. The molecule has 0 radical (unpaired) electrons. The lowest BCUT2D eigenvalue weighted by Crippen LogP contribution is -2.13. The molecule has 1 aromatic heterocycles. The Labute approximate surface area is 133 Å². The molecule has 7 heteroatoms. The molecule has 2 rings (SSSR count). The highest BCUT2D eigenvalue weighted by Gasteiger charge is 2.11. The predicted octanol–water partition coefficient (Wildman–Crippen LogP) is 3.29. The van der Waals surface area contributed by atoms with Crippen LogP contribution in [-0.2, 0) is 0 Å². The second-order valence-electron chi connectivity index (χ2n) is 3.82. The van der Waals surface area contributed by atoms with Crippen molar-refractivity contribution in [2.45, 2.75) is 0 Å². The highest BCUT2D eigenvalue weighted by molar-refractivity contribution is 14.1. The molecule has 5 nitrogen and oxygen atoms in total. The largest absolute Gasteiger partial charge is 0.477 e. The fourth-order valence-electron chi connectivity index (χ4n) is 1.44. The third kappa shape index (κ3) is 3.45. The fraction of sp³-hybridized carbons (Fsp3) is 0. The number of hydrogen-bond donors (Lipinski definition) is 2. The van der Waals surface area contributed by atoms with Gasteiger partial charge in [0, 0.05) is 14.8 Å². The molecule has 0 aliphatic heterocycles. The Bertz CT molecular complexity index is 674. The minimum Gasteiger partial charge on any atom is -0.477 e. The molecule has 0 spiro atoms. The van der Waals surface area contributed by atoms with Gasteiger partial charge in [0.1, 0.15) is 5.69 Å². The van der Waals surface area contributed by atoms with Crippen molar-refractivity contribution in [1.82, 2.24) is 4.98 Å². The van der Waals surface area contributed by atoms with E-state index in [2.05, 4.69) is 32.9 Å². The van der Waals surface area contributed by atoms with Gasteiger partial charge in [-0.2, -0.15) is 0 Å². The summed E-state index contributed by atoms with van der Waals surface area (Å²) in [6.07, 6.45) is 1.22. The molecule has 102 valence electrons. The minimum atomic E-state index is -1.13. The van der Waals surface area contributed by atoms with Gasteiger partial charge in [0.2, 0.25) is 0 Å². The summed E-state index contributed by atoms with van der Waals surface area (Å²) in [5.41, 5.74) is 0.797. The number of hydrogen-bond acceptors (Lipinski definition) is 3. The van der Waals surface area contributed by atoms with Crippen molar-refractivity contribution in [1.29, 1.82) is 0 Å². The first-order chi connectivity index (χ1) is 9.47. The van der Waals surface area contributed by atoms with E-state index in [1.165, 1.54) is 18.3 Å². The number of aromatic nitrogens is 1. The Morgan fingerprint density at radius 3 is 2.55 bits per heavy atom. The van der Waals surface area contributed by atoms with Crippen LogP contribution in [-0.4, -0.2) is 22.0 Å². The summed E-state index contributed by atoms with van der Waals surface area (Å²) in [6, 6.07) is 7.79. The number of nitrogens with zero attached hydrogens (tertiary/aromatic N) is 1. The summed E-state index contributed by atoms with van der Waals surface area (Å²) in [5, 5.41) is 12.0. The smallest absolute Gasteiger partial charge is 0.354 e. The van der Waals surface area contributed by atoms with Crippen molar-refractivity contribution < 1.29 is 14.7 Å². The average molecular weight is 403 g/mol. The molecule has 0 aliphatic carbocycles. The molecule has 0 atom stereocenters. The Hall–Kier alpha value is -1.67. The number of carboxylic acids is 1. The maximum atomic E-state index is 12.0. The second kappa shape index (κ2) is 6.19. The third-order valence-corrected chi connectivity index (χ3v) is 3.55. The molecular formula is C13H8ClIN2O3. The van der Waals surface area contributed by atoms with Crippen LogP contribution in [0.25, 0.3) is 0 Å². The van der Waals surface area contributed by atoms with E-state index in [0.29, 0.717) is 10.7 Å². The zero-order valence-electron chi connectivity index (χ0n) is 9.93. The van der Waals surface area contributed by atoms with Gasteiger partial charge < -0.3 is 10.4 Å². The molecular weight excluding hydrogens is 395 g/mol. The number of carbonyl (C=O) groups is 2. The number of anilines is 1. The monoisotopic (exact) mass is 402 g/mol. The highest BCUT2D eigenvalue weighted by atomic mass is 127. The summed E-state index contributed by atoms with van der Waals surface area (Å²) < 4.78 is 0.804. The molecule has 0 bridgehead atoms. The molecule has 1 aromatic carbocycles. The number of carboxylic acid groups (broad SMARTS) is 1. The fourth-order valence-corrected chi connectivity index (χ4v) is 2.45. The van der Waals surface area contributed by atoms with Crippen molar-refractivity contribution in [3.8, 4) is 0 Å². The van der Waals surface area contributed by atoms with E-state index in [1.807, 2.05) is 0 Å². The number of pyridine rings is 1.